The molecule has 0 bridgehead atoms. The second kappa shape index (κ2) is 14.1. The summed E-state index contributed by atoms with van der Waals surface area (Å²) in [5.41, 5.74) is 3.26. The van der Waals surface area contributed by atoms with Gasteiger partial charge in [0.25, 0.3) is 0 Å². The second-order valence-corrected chi connectivity index (χ2v) is 9.63. The summed E-state index contributed by atoms with van der Waals surface area (Å²) in [6.07, 6.45) is 2.54. The Morgan fingerprint density at radius 1 is 1.02 bits per heavy atom. The Hall–Kier alpha value is -4.92. The Labute approximate surface area is 243 Å². The van der Waals surface area contributed by atoms with Crippen LogP contribution in [0.25, 0.3) is 11.5 Å². The highest BCUT2D eigenvalue weighted by atomic mass is 19.1. The lowest BCUT2D eigenvalue weighted by Crippen LogP contribution is -2.38. The molecule has 0 aliphatic rings. The van der Waals surface area contributed by atoms with Crippen molar-refractivity contribution in [3.05, 3.63) is 113 Å². The predicted molar refractivity (Wildman–Crippen MR) is 156 cm³/mol. The van der Waals surface area contributed by atoms with Crippen molar-refractivity contribution in [1.29, 1.82) is 0 Å². The number of methoxy groups -OCH3 is 1. The van der Waals surface area contributed by atoms with Crippen LogP contribution in [0.4, 0.5) is 4.39 Å². The van der Waals surface area contributed by atoms with Gasteiger partial charge in [-0.15, -0.1) is 0 Å². The Kier molecular flexibility index (Phi) is 10.1. The maximum Gasteiger partial charge on any atom is 0.326 e. The van der Waals surface area contributed by atoms with Crippen LogP contribution in [0.3, 0.4) is 0 Å². The van der Waals surface area contributed by atoms with Crippen molar-refractivity contribution in [2.75, 3.05) is 13.7 Å². The van der Waals surface area contributed by atoms with Crippen molar-refractivity contribution in [2.45, 2.75) is 39.2 Å². The molecule has 0 aliphatic carbocycles. The summed E-state index contributed by atoms with van der Waals surface area (Å²) < 4.78 is 30.1. The number of carbonyl (C=O) groups is 2. The van der Waals surface area contributed by atoms with Crippen LogP contribution in [0.2, 0.25) is 0 Å². The average molecular weight is 573 g/mol. The van der Waals surface area contributed by atoms with Gasteiger partial charge in [-0.2, -0.15) is 0 Å². The third-order valence-corrected chi connectivity index (χ3v) is 6.67. The summed E-state index contributed by atoms with van der Waals surface area (Å²) in [6, 6.07) is 19.0. The number of nitrogens with one attached hydrogen (secondary N) is 1. The largest absolute Gasteiger partial charge is 0.497 e. The minimum atomic E-state index is -1.04. The van der Waals surface area contributed by atoms with Crippen LogP contribution < -0.4 is 14.8 Å². The number of aryl methyl sites for hydroxylation is 1. The number of ketones is 1. The van der Waals surface area contributed by atoms with E-state index in [9.17, 15) is 19.1 Å². The van der Waals surface area contributed by atoms with Gasteiger partial charge in [-0.25, -0.2) is 14.2 Å². The van der Waals surface area contributed by atoms with Crippen LogP contribution in [-0.2, 0) is 17.6 Å². The van der Waals surface area contributed by atoms with Crippen molar-refractivity contribution < 1.29 is 33.0 Å². The van der Waals surface area contributed by atoms with E-state index in [2.05, 4.69) is 10.3 Å². The van der Waals surface area contributed by atoms with E-state index in [1.165, 1.54) is 30.3 Å². The molecule has 3 aromatic carbocycles. The molecule has 0 radical (unpaired) electrons. The number of rotatable bonds is 14. The number of halogens is 1. The number of carbonyl (C=O) groups excluding carboxylic acids is 1. The van der Waals surface area contributed by atoms with Crippen molar-refractivity contribution in [3.63, 3.8) is 0 Å². The topological polar surface area (TPSA) is 111 Å². The number of oxazole rings is 1. The fraction of sp³-hybridized carbons (Fsp3) is 0.242. The van der Waals surface area contributed by atoms with Gasteiger partial charge in [0, 0.05) is 35.7 Å². The minimum absolute atomic E-state index is 0.198. The van der Waals surface area contributed by atoms with Gasteiger partial charge in [-0.3, -0.25) is 4.79 Å². The van der Waals surface area contributed by atoms with Crippen LogP contribution in [0.5, 0.6) is 11.5 Å². The summed E-state index contributed by atoms with van der Waals surface area (Å²) in [7, 11) is 1.62. The van der Waals surface area contributed by atoms with E-state index < -0.39 is 17.8 Å². The Balaban J connectivity index is 1.32. The molecule has 0 saturated carbocycles. The lowest BCUT2D eigenvalue weighted by Gasteiger charge is -2.18. The molecule has 42 heavy (non-hydrogen) atoms. The third kappa shape index (κ3) is 8.06. The molecule has 0 saturated heterocycles. The number of carboxylic acid groups (broad SMARTS) is 1. The molecule has 9 heteroatoms. The van der Waals surface area contributed by atoms with Gasteiger partial charge >= 0.3 is 5.97 Å². The fourth-order valence-corrected chi connectivity index (χ4v) is 4.27. The Morgan fingerprint density at radius 3 is 2.31 bits per heavy atom. The highest BCUT2D eigenvalue weighted by Gasteiger charge is 2.19. The Morgan fingerprint density at radius 2 is 1.69 bits per heavy atom. The standard InChI is InChI=1S/C33H33FN2O6/c1-4-26(20-31(37)23-7-11-25(34)12-8-23)35-30(33(38)39)19-22-5-13-28(14-6-22)41-18-17-29-21(2)42-32(36-29)24-9-15-27(40-3)16-10-24/h5-16,20,30,35H,4,17-19H2,1-3H3,(H,38,39)/b26-20-/t30-/m0/s1. The van der Waals surface area contributed by atoms with E-state index >= 15 is 0 Å². The van der Waals surface area contributed by atoms with Crippen LogP contribution >= 0.6 is 0 Å². The van der Waals surface area contributed by atoms with E-state index in [1.54, 1.807) is 19.2 Å². The SMILES string of the molecule is CC/C(=C/C(=O)c1ccc(F)cc1)N[C@@H](Cc1ccc(OCCc2nc(-c3ccc(OC)cc3)oc2C)cc1)C(=O)O. The zero-order valence-corrected chi connectivity index (χ0v) is 23.7. The molecule has 0 spiro atoms. The number of aliphatic carboxylic acids is 1. The lowest BCUT2D eigenvalue weighted by atomic mass is 10.0. The van der Waals surface area contributed by atoms with Crippen molar-refractivity contribution in [2.24, 2.45) is 0 Å². The molecule has 4 aromatic rings. The summed E-state index contributed by atoms with van der Waals surface area (Å²) >= 11 is 0. The van der Waals surface area contributed by atoms with E-state index in [0.29, 0.717) is 42.3 Å². The highest BCUT2D eigenvalue weighted by Crippen LogP contribution is 2.24. The first kappa shape index (κ1) is 30.0. The predicted octanol–water partition coefficient (Wildman–Crippen LogP) is 6.18. The van der Waals surface area contributed by atoms with Gasteiger partial charge in [0.2, 0.25) is 5.89 Å². The van der Waals surface area contributed by atoms with Crippen molar-refractivity contribution >= 4 is 11.8 Å². The van der Waals surface area contributed by atoms with Crippen molar-refractivity contribution in [3.8, 4) is 23.0 Å². The van der Waals surface area contributed by atoms with E-state index in [1.807, 2.05) is 50.2 Å². The smallest absolute Gasteiger partial charge is 0.326 e. The molecule has 1 aromatic heterocycles. The normalized spacial score (nSPS) is 12.0. The summed E-state index contributed by atoms with van der Waals surface area (Å²) in [6.45, 7) is 4.08. The zero-order chi connectivity index (χ0) is 30.1. The van der Waals surface area contributed by atoms with Crippen LogP contribution in [0.15, 0.2) is 89.0 Å². The number of nitrogens with zero attached hydrogens (tertiary/aromatic N) is 1. The second-order valence-electron chi connectivity index (χ2n) is 9.63. The maximum atomic E-state index is 13.2. The third-order valence-electron chi connectivity index (χ3n) is 6.67. The van der Waals surface area contributed by atoms with E-state index in [-0.39, 0.29) is 12.2 Å². The van der Waals surface area contributed by atoms with Gasteiger partial charge in [-0.1, -0.05) is 19.1 Å². The van der Waals surface area contributed by atoms with Crippen LogP contribution in [-0.4, -0.2) is 41.6 Å². The number of aromatic nitrogens is 1. The average Bonchev–Trinajstić information content (AvgIpc) is 3.37. The number of carboxylic acids is 1. The summed E-state index contributed by atoms with van der Waals surface area (Å²) in [4.78, 5) is 29.1. The quantitative estimate of drug-likeness (QED) is 0.136. The molecule has 8 nitrogen and oxygen atoms in total. The molecule has 0 unspecified atom stereocenters. The minimum Gasteiger partial charge on any atom is -0.497 e. The fourth-order valence-electron chi connectivity index (χ4n) is 4.27. The number of ether oxygens (including phenoxy) is 2. The number of hydrogen-bond donors (Lipinski definition) is 2. The monoisotopic (exact) mass is 572 g/mol. The molecule has 2 N–H and O–H groups in total. The number of allylic oxidation sites excluding steroid dienone is 2. The molecule has 0 fully saturated rings. The number of hydrogen-bond acceptors (Lipinski definition) is 7. The van der Waals surface area contributed by atoms with Crippen LogP contribution in [0.1, 0.15) is 40.7 Å². The molecule has 4 rings (SSSR count). The van der Waals surface area contributed by atoms with E-state index in [4.69, 9.17) is 13.9 Å². The molecule has 218 valence electrons. The first-order chi connectivity index (χ1) is 20.2. The van der Waals surface area contributed by atoms with Gasteiger partial charge in [0.1, 0.15) is 29.1 Å². The molecule has 0 aliphatic heterocycles. The summed E-state index contributed by atoms with van der Waals surface area (Å²) in [5.74, 6) is 0.867. The zero-order valence-electron chi connectivity index (χ0n) is 23.7. The maximum absolute atomic E-state index is 13.2. The van der Waals surface area contributed by atoms with Crippen LogP contribution in [0, 0.1) is 12.7 Å². The molecular formula is C33H33FN2O6. The van der Waals surface area contributed by atoms with Crippen molar-refractivity contribution in [1.82, 2.24) is 10.3 Å². The first-order valence-corrected chi connectivity index (χ1v) is 13.6. The highest BCUT2D eigenvalue weighted by molar-refractivity contribution is 6.04. The molecule has 1 atom stereocenters. The molecule has 0 amide bonds. The lowest BCUT2D eigenvalue weighted by molar-refractivity contribution is -0.139. The molecule has 1 heterocycles. The first-order valence-electron chi connectivity index (χ1n) is 13.6. The summed E-state index contributed by atoms with van der Waals surface area (Å²) in [5, 5.41) is 12.8. The number of benzene rings is 3. The Bertz CT molecular complexity index is 1530. The van der Waals surface area contributed by atoms with Gasteiger partial charge in [-0.05, 0) is 79.6 Å². The van der Waals surface area contributed by atoms with Gasteiger partial charge in [0.05, 0.1) is 19.4 Å². The van der Waals surface area contributed by atoms with E-state index in [0.717, 1.165) is 28.3 Å². The van der Waals surface area contributed by atoms with Gasteiger partial charge in [0.15, 0.2) is 5.78 Å². The molecular weight excluding hydrogens is 539 g/mol. The van der Waals surface area contributed by atoms with Gasteiger partial charge < -0.3 is 24.3 Å².